The SMILES string of the molecule is CC(C)Cn1ccnc(NCc2ccccc2O)c1=O. The van der Waals surface area contributed by atoms with Crippen molar-refractivity contribution in [1.29, 1.82) is 0 Å². The van der Waals surface area contributed by atoms with Crippen molar-refractivity contribution < 1.29 is 5.11 Å². The van der Waals surface area contributed by atoms with Crippen molar-refractivity contribution in [2.24, 2.45) is 5.92 Å². The summed E-state index contributed by atoms with van der Waals surface area (Å²) >= 11 is 0. The Morgan fingerprint density at radius 3 is 2.80 bits per heavy atom. The number of nitrogens with one attached hydrogen (secondary N) is 1. The number of phenolic OH excluding ortho intramolecular Hbond substituents is 1. The van der Waals surface area contributed by atoms with Gasteiger partial charge in [0, 0.05) is 31.0 Å². The number of benzene rings is 1. The van der Waals surface area contributed by atoms with Crippen LogP contribution in [-0.2, 0) is 13.1 Å². The molecule has 1 heterocycles. The van der Waals surface area contributed by atoms with E-state index in [0.29, 0.717) is 24.8 Å². The largest absolute Gasteiger partial charge is 0.508 e. The predicted molar refractivity (Wildman–Crippen MR) is 78.8 cm³/mol. The molecule has 0 spiro atoms. The molecule has 0 radical (unpaired) electrons. The molecule has 1 aromatic heterocycles. The van der Waals surface area contributed by atoms with Gasteiger partial charge in [-0.05, 0) is 12.0 Å². The molecule has 20 heavy (non-hydrogen) atoms. The Labute approximate surface area is 117 Å². The lowest BCUT2D eigenvalue weighted by Gasteiger charge is -2.11. The van der Waals surface area contributed by atoms with Gasteiger partial charge in [0.1, 0.15) is 5.75 Å². The molecule has 1 aromatic carbocycles. The number of rotatable bonds is 5. The number of para-hydroxylation sites is 1. The minimum absolute atomic E-state index is 0.142. The van der Waals surface area contributed by atoms with E-state index in [4.69, 9.17) is 0 Å². The average molecular weight is 273 g/mol. The number of aromatic nitrogens is 2. The number of anilines is 1. The summed E-state index contributed by atoms with van der Waals surface area (Å²) in [6.07, 6.45) is 3.30. The first-order valence-corrected chi connectivity index (χ1v) is 6.64. The third-order valence-corrected chi connectivity index (χ3v) is 2.91. The fourth-order valence-electron chi connectivity index (χ4n) is 1.94. The molecule has 0 amide bonds. The summed E-state index contributed by atoms with van der Waals surface area (Å²) in [7, 11) is 0. The predicted octanol–water partition coefficient (Wildman–Crippen LogP) is 2.22. The van der Waals surface area contributed by atoms with Crippen LogP contribution in [0.2, 0.25) is 0 Å². The van der Waals surface area contributed by atoms with Gasteiger partial charge in [-0.3, -0.25) is 4.79 Å². The van der Waals surface area contributed by atoms with E-state index in [-0.39, 0.29) is 11.3 Å². The summed E-state index contributed by atoms with van der Waals surface area (Å²) in [4.78, 5) is 16.3. The van der Waals surface area contributed by atoms with Gasteiger partial charge in [0.15, 0.2) is 5.82 Å². The summed E-state index contributed by atoms with van der Waals surface area (Å²) < 4.78 is 1.64. The molecule has 0 aliphatic rings. The van der Waals surface area contributed by atoms with E-state index in [0.717, 1.165) is 5.56 Å². The van der Waals surface area contributed by atoms with Crippen molar-refractivity contribution in [3.8, 4) is 5.75 Å². The van der Waals surface area contributed by atoms with Gasteiger partial charge in [-0.15, -0.1) is 0 Å². The Morgan fingerprint density at radius 2 is 2.10 bits per heavy atom. The van der Waals surface area contributed by atoms with E-state index in [2.05, 4.69) is 24.1 Å². The molecule has 0 bridgehead atoms. The summed E-state index contributed by atoms with van der Waals surface area (Å²) in [6, 6.07) is 7.02. The zero-order valence-electron chi connectivity index (χ0n) is 11.7. The van der Waals surface area contributed by atoms with E-state index in [1.165, 1.54) is 0 Å². The molecule has 0 aliphatic heterocycles. The van der Waals surface area contributed by atoms with Crippen molar-refractivity contribution in [3.63, 3.8) is 0 Å². The van der Waals surface area contributed by atoms with Crippen LogP contribution >= 0.6 is 0 Å². The quantitative estimate of drug-likeness (QED) is 0.876. The van der Waals surface area contributed by atoms with Gasteiger partial charge in [-0.25, -0.2) is 4.98 Å². The molecule has 2 rings (SSSR count). The van der Waals surface area contributed by atoms with Gasteiger partial charge >= 0.3 is 0 Å². The highest BCUT2D eigenvalue weighted by molar-refractivity contribution is 5.37. The zero-order valence-corrected chi connectivity index (χ0v) is 11.7. The molecular formula is C15H19N3O2. The number of nitrogens with zero attached hydrogens (tertiary/aromatic N) is 2. The third kappa shape index (κ3) is 3.38. The van der Waals surface area contributed by atoms with E-state index in [1.54, 1.807) is 35.2 Å². The Balaban J connectivity index is 2.14. The molecule has 2 N–H and O–H groups in total. The highest BCUT2D eigenvalue weighted by Gasteiger charge is 2.07. The Kier molecular flexibility index (Phi) is 4.40. The maximum Gasteiger partial charge on any atom is 0.293 e. The second-order valence-corrected chi connectivity index (χ2v) is 5.11. The minimum atomic E-state index is -0.142. The van der Waals surface area contributed by atoms with Crippen LogP contribution in [0.1, 0.15) is 19.4 Å². The lowest BCUT2D eigenvalue weighted by atomic mass is 10.2. The van der Waals surface area contributed by atoms with Crippen LogP contribution in [-0.4, -0.2) is 14.7 Å². The highest BCUT2D eigenvalue weighted by Crippen LogP contribution is 2.16. The lowest BCUT2D eigenvalue weighted by molar-refractivity contribution is 0.469. The zero-order chi connectivity index (χ0) is 14.5. The van der Waals surface area contributed by atoms with Gasteiger partial charge in [-0.1, -0.05) is 32.0 Å². The van der Waals surface area contributed by atoms with Crippen LogP contribution in [0.4, 0.5) is 5.82 Å². The van der Waals surface area contributed by atoms with Gasteiger partial charge in [0.2, 0.25) is 0 Å². The maximum atomic E-state index is 12.2. The maximum absolute atomic E-state index is 12.2. The van der Waals surface area contributed by atoms with Gasteiger partial charge in [-0.2, -0.15) is 0 Å². The van der Waals surface area contributed by atoms with Gasteiger partial charge in [0.05, 0.1) is 0 Å². The third-order valence-electron chi connectivity index (χ3n) is 2.91. The van der Waals surface area contributed by atoms with Crippen molar-refractivity contribution in [2.45, 2.75) is 26.9 Å². The highest BCUT2D eigenvalue weighted by atomic mass is 16.3. The summed E-state index contributed by atoms with van der Waals surface area (Å²) in [5.74, 6) is 0.899. The van der Waals surface area contributed by atoms with E-state index in [1.807, 2.05) is 6.07 Å². The molecule has 106 valence electrons. The molecule has 2 aromatic rings. The average Bonchev–Trinajstić information content (AvgIpc) is 2.41. The second-order valence-electron chi connectivity index (χ2n) is 5.11. The fraction of sp³-hybridized carbons (Fsp3) is 0.333. The van der Waals surface area contributed by atoms with E-state index < -0.39 is 0 Å². The van der Waals surface area contributed by atoms with E-state index >= 15 is 0 Å². The molecule has 5 heteroatoms. The first kappa shape index (κ1) is 14.1. The van der Waals surface area contributed by atoms with Crippen LogP contribution < -0.4 is 10.9 Å². The fourth-order valence-corrected chi connectivity index (χ4v) is 1.94. The Morgan fingerprint density at radius 1 is 1.35 bits per heavy atom. The van der Waals surface area contributed by atoms with Crippen LogP contribution in [0.3, 0.4) is 0 Å². The number of phenols is 1. The van der Waals surface area contributed by atoms with E-state index in [9.17, 15) is 9.90 Å². The topological polar surface area (TPSA) is 67.2 Å². The van der Waals surface area contributed by atoms with Gasteiger partial charge < -0.3 is 15.0 Å². The molecule has 0 fully saturated rings. The molecular weight excluding hydrogens is 254 g/mol. The minimum Gasteiger partial charge on any atom is -0.508 e. The Hall–Kier alpha value is -2.30. The van der Waals surface area contributed by atoms with Crippen LogP contribution in [0.5, 0.6) is 5.75 Å². The summed E-state index contributed by atoms with van der Waals surface area (Å²) in [5, 5.41) is 12.7. The molecule has 0 unspecified atom stereocenters. The lowest BCUT2D eigenvalue weighted by Crippen LogP contribution is -2.25. The van der Waals surface area contributed by atoms with Crippen molar-refractivity contribution in [3.05, 3.63) is 52.6 Å². The van der Waals surface area contributed by atoms with Crippen molar-refractivity contribution in [2.75, 3.05) is 5.32 Å². The molecule has 0 saturated carbocycles. The monoisotopic (exact) mass is 273 g/mol. The first-order valence-electron chi connectivity index (χ1n) is 6.64. The normalized spacial score (nSPS) is 10.8. The van der Waals surface area contributed by atoms with Crippen LogP contribution in [0, 0.1) is 5.92 Å². The van der Waals surface area contributed by atoms with Gasteiger partial charge in [0.25, 0.3) is 5.56 Å². The second kappa shape index (κ2) is 6.23. The molecule has 0 atom stereocenters. The van der Waals surface area contributed by atoms with Crippen molar-refractivity contribution >= 4 is 5.82 Å². The Bertz CT molecular complexity index is 635. The van der Waals surface area contributed by atoms with Crippen LogP contribution in [0.25, 0.3) is 0 Å². The summed E-state index contributed by atoms with van der Waals surface area (Å²) in [6.45, 7) is 5.14. The number of hydrogen-bond acceptors (Lipinski definition) is 4. The molecule has 0 saturated heterocycles. The van der Waals surface area contributed by atoms with Crippen LogP contribution in [0.15, 0.2) is 41.5 Å². The standard InChI is InChI=1S/C15H19N3O2/c1-11(2)10-18-8-7-16-14(15(18)20)17-9-12-5-3-4-6-13(12)19/h3-8,11,19H,9-10H2,1-2H3,(H,16,17). The summed E-state index contributed by atoms with van der Waals surface area (Å²) in [5.41, 5.74) is 0.588. The number of aromatic hydroxyl groups is 1. The smallest absolute Gasteiger partial charge is 0.293 e. The molecule has 5 nitrogen and oxygen atoms in total. The first-order chi connectivity index (χ1) is 9.58. The number of hydrogen-bond donors (Lipinski definition) is 2. The molecule has 0 aliphatic carbocycles. The van der Waals surface area contributed by atoms with Crippen molar-refractivity contribution in [1.82, 2.24) is 9.55 Å².